The van der Waals surface area contributed by atoms with E-state index in [-0.39, 0.29) is 5.91 Å². The van der Waals surface area contributed by atoms with Crippen molar-refractivity contribution in [3.05, 3.63) is 28.8 Å². The molecule has 1 aromatic rings. The fourth-order valence-electron chi connectivity index (χ4n) is 2.04. The van der Waals surface area contributed by atoms with Crippen molar-refractivity contribution in [1.82, 2.24) is 4.90 Å². The number of carbonyl (C=O) groups excluding carboxylic acids is 1. The lowest BCUT2D eigenvalue weighted by atomic mass is 10.0. The molecule has 1 rings (SSSR count). The van der Waals surface area contributed by atoms with Gasteiger partial charge in [0.25, 0.3) is 0 Å². The molecule has 0 bridgehead atoms. The molecule has 19 heavy (non-hydrogen) atoms. The molecule has 0 spiro atoms. The molecule has 0 aliphatic heterocycles. The third-order valence-electron chi connectivity index (χ3n) is 3.01. The van der Waals surface area contributed by atoms with Crippen molar-refractivity contribution in [2.24, 2.45) is 5.73 Å². The zero-order valence-corrected chi connectivity index (χ0v) is 12.3. The zero-order chi connectivity index (χ0) is 14.4. The molecular formula is C15H24N2O2. The average Bonchev–Trinajstić information content (AvgIpc) is 2.32. The topological polar surface area (TPSA) is 55.6 Å². The van der Waals surface area contributed by atoms with E-state index in [0.29, 0.717) is 19.6 Å². The van der Waals surface area contributed by atoms with Crippen LogP contribution in [0.3, 0.4) is 0 Å². The van der Waals surface area contributed by atoms with E-state index in [9.17, 15) is 4.79 Å². The summed E-state index contributed by atoms with van der Waals surface area (Å²) < 4.78 is 5.74. The molecule has 0 saturated heterocycles. The van der Waals surface area contributed by atoms with Crippen molar-refractivity contribution in [2.45, 2.75) is 26.7 Å². The highest BCUT2D eigenvalue weighted by molar-refractivity contribution is 5.75. The van der Waals surface area contributed by atoms with E-state index in [4.69, 9.17) is 10.5 Å². The van der Waals surface area contributed by atoms with Crippen molar-refractivity contribution >= 4 is 5.91 Å². The summed E-state index contributed by atoms with van der Waals surface area (Å²) in [5.41, 5.74) is 8.99. The standard InChI is InChI=1S/C15H24N2O2/c1-11-9-13(5-7-16)10-12(2)15(11)19-8-6-14(18)17(3)4/h9-10H,5-8,16H2,1-4H3. The van der Waals surface area contributed by atoms with E-state index < -0.39 is 0 Å². The third kappa shape index (κ3) is 4.56. The first kappa shape index (κ1) is 15.5. The van der Waals surface area contributed by atoms with Crippen LogP contribution in [0.15, 0.2) is 12.1 Å². The molecule has 0 atom stereocenters. The maximum atomic E-state index is 11.5. The smallest absolute Gasteiger partial charge is 0.225 e. The first-order valence-electron chi connectivity index (χ1n) is 6.59. The van der Waals surface area contributed by atoms with Gasteiger partial charge in [0.15, 0.2) is 0 Å². The second kappa shape index (κ2) is 7.14. The summed E-state index contributed by atoms with van der Waals surface area (Å²) in [6.07, 6.45) is 1.28. The van der Waals surface area contributed by atoms with Gasteiger partial charge in [-0.3, -0.25) is 4.79 Å². The van der Waals surface area contributed by atoms with Gasteiger partial charge in [-0.25, -0.2) is 0 Å². The van der Waals surface area contributed by atoms with Crippen molar-refractivity contribution in [2.75, 3.05) is 27.2 Å². The predicted molar refractivity (Wildman–Crippen MR) is 77.5 cm³/mol. The lowest BCUT2D eigenvalue weighted by Gasteiger charge is -2.15. The molecule has 0 radical (unpaired) electrons. The van der Waals surface area contributed by atoms with E-state index in [2.05, 4.69) is 12.1 Å². The van der Waals surface area contributed by atoms with Crippen LogP contribution in [0, 0.1) is 13.8 Å². The second-order valence-electron chi connectivity index (χ2n) is 4.98. The third-order valence-corrected chi connectivity index (χ3v) is 3.01. The average molecular weight is 264 g/mol. The summed E-state index contributed by atoms with van der Waals surface area (Å²) in [7, 11) is 3.50. The van der Waals surface area contributed by atoms with Crippen LogP contribution in [0.5, 0.6) is 5.75 Å². The number of rotatable bonds is 6. The van der Waals surface area contributed by atoms with Crippen molar-refractivity contribution in [3.8, 4) is 5.75 Å². The second-order valence-corrected chi connectivity index (χ2v) is 4.98. The molecule has 4 heteroatoms. The summed E-state index contributed by atoms with van der Waals surface area (Å²) in [6, 6.07) is 4.20. The Hall–Kier alpha value is -1.55. The molecule has 0 fully saturated rings. The number of aryl methyl sites for hydroxylation is 2. The maximum Gasteiger partial charge on any atom is 0.225 e. The van der Waals surface area contributed by atoms with Crippen LogP contribution in [-0.2, 0) is 11.2 Å². The minimum Gasteiger partial charge on any atom is -0.493 e. The number of ether oxygens (including phenoxy) is 1. The predicted octanol–water partition coefficient (Wildman–Crippen LogP) is 1.66. The van der Waals surface area contributed by atoms with Gasteiger partial charge in [0, 0.05) is 14.1 Å². The molecule has 1 aromatic carbocycles. The van der Waals surface area contributed by atoms with Gasteiger partial charge >= 0.3 is 0 Å². The quantitative estimate of drug-likeness (QED) is 0.850. The highest BCUT2D eigenvalue weighted by Gasteiger charge is 2.08. The van der Waals surface area contributed by atoms with Crippen LogP contribution in [0.25, 0.3) is 0 Å². The minimum absolute atomic E-state index is 0.0788. The molecule has 0 aliphatic rings. The summed E-state index contributed by atoms with van der Waals surface area (Å²) in [4.78, 5) is 13.1. The summed E-state index contributed by atoms with van der Waals surface area (Å²) in [6.45, 7) is 5.11. The Morgan fingerprint density at radius 1 is 1.26 bits per heavy atom. The van der Waals surface area contributed by atoms with Gasteiger partial charge in [-0.2, -0.15) is 0 Å². The van der Waals surface area contributed by atoms with Crippen LogP contribution in [0.2, 0.25) is 0 Å². The number of amides is 1. The Morgan fingerprint density at radius 2 is 1.84 bits per heavy atom. The summed E-state index contributed by atoms with van der Waals surface area (Å²) >= 11 is 0. The van der Waals surface area contributed by atoms with E-state index >= 15 is 0 Å². The van der Waals surface area contributed by atoms with Gasteiger partial charge in [0.2, 0.25) is 5.91 Å². The first-order valence-corrected chi connectivity index (χ1v) is 6.59. The monoisotopic (exact) mass is 264 g/mol. The number of benzene rings is 1. The number of carbonyl (C=O) groups is 1. The molecule has 0 aromatic heterocycles. The van der Waals surface area contributed by atoms with Gasteiger partial charge in [0.05, 0.1) is 13.0 Å². The largest absolute Gasteiger partial charge is 0.493 e. The van der Waals surface area contributed by atoms with Crippen molar-refractivity contribution < 1.29 is 9.53 Å². The van der Waals surface area contributed by atoms with Gasteiger partial charge in [0.1, 0.15) is 5.75 Å². The molecule has 1 amide bonds. The lowest BCUT2D eigenvalue weighted by Crippen LogP contribution is -2.23. The molecule has 4 nitrogen and oxygen atoms in total. The SMILES string of the molecule is Cc1cc(CCN)cc(C)c1OCCC(=O)N(C)C. The Balaban J connectivity index is 2.66. The van der Waals surface area contributed by atoms with Crippen LogP contribution < -0.4 is 10.5 Å². The number of hydrogen-bond donors (Lipinski definition) is 1. The van der Waals surface area contributed by atoms with Gasteiger partial charge in [-0.05, 0) is 43.5 Å². The molecule has 0 unspecified atom stereocenters. The van der Waals surface area contributed by atoms with Gasteiger partial charge < -0.3 is 15.4 Å². The fraction of sp³-hybridized carbons (Fsp3) is 0.533. The normalized spacial score (nSPS) is 10.4. The maximum absolute atomic E-state index is 11.5. The van der Waals surface area contributed by atoms with Crippen molar-refractivity contribution in [3.63, 3.8) is 0 Å². The van der Waals surface area contributed by atoms with Gasteiger partial charge in [-0.1, -0.05) is 12.1 Å². The molecular weight excluding hydrogens is 240 g/mol. The Morgan fingerprint density at radius 3 is 2.32 bits per heavy atom. The van der Waals surface area contributed by atoms with Gasteiger partial charge in [-0.15, -0.1) is 0 Å². The zero-order valence-electron chi connectivity index (χ0n) is 12.3. The van der Waals surface area contributed by atoms with Crippen LogP contribution in [0.4, 0.5) is 0 Å². The molecule has 0 aliphatic carbocycles. The molecule has 0 heterocycles. The first-order chi connectivity index (χ1) is 8.95. The number of hydrogen-bond acceptors (Lipinski definition) is 3. The van der Waals surface area contributed by atoms with E-state index in [1.807, 2.05) is 13.8 Å². The number of nitrogens with zero attached hydrogens (tertiary/aromatic N) is 1. The molecule has 106 valence electrons. The Bertz CT molecular complexity index is 419. The molecule has 2 N–H and O–H groups in total. The summed E-state index contributed by atoms with van der Waals surface area (Å²) in [5.74, 6) is 0.961. The van der Waals surface area contributed by atoms with Crippen molar-refractivity contribution in [1.29, 1.82) is 0 Å². The highest BCUT2D eigenvalue weighted by atomic mass is 16.5. The van der Waals surface area contributed by atoms with E-state index in [1.165, 1.54) is 5.56 Å². The van der Waals surface area contributed by atoms with E-state index in [0.717, 1.165) is 23.3 Å². The fourth-order valence-corrected chi connectivity index (χ4v) is 2.04. The Kier molecular flexibility index (Phi) is 5.83. The molecule has 0 saturated carbocycles. The summed E-state index contributed by atoms with van der Waals surface area (Å²) in [5, 5.41) is 0. The van der Waals surface area contributed by atoms with E-state index in [1.54, 1.807) is 19.0 Å². The highest BCUT2D eigenvalue weighted by Crippen LogP contribution is 2.25. The lowest BCUT2D eigenvalue weighted by molar-refractivity contribution is -0.129. The van der Waals surface area contributed by atoms with Crippen LogP contribution >= 0.6 is 0 Å². The Labute approximate surface area is 115 Å². The minimum atomic E-state index is 0.0788. The van der Waals surface area contributed by atoms with Crippen LogP contribution in [0.1, 0.15) is 23.1 Å². The number of nitrogens with two attached hydrogens (primary N) is 1. The van der Waals surface area contributed by atoms with Crippen LogP contribution in [-0.4, -0.2) is 38.1 Å².